The number of amides is 2. The molecule has 0 aliphatic rings. The number of rotatable bonds is 8. The lowest BCUT2D eigenvalue weighted by Gasteiger charge is -2.23. The van der Waals surface area contributed by atoms with Crippen LogP contribution in [0.5, 0.6) is 0 Å². The van der Waals surface area contributed by atoms with E-state index in [-0.39, 0.29) is 18.4 Å². The third-order valence-electron chi connectivity index (χ3n) is 3.35. The van der Waals surface area contributed by atoms with E-state index in [4.69, 9.17) is 0 Å². The fourth-order valence-electron chi connectivity index (χ4n) is 2.15. The highest BCUT2D eigenvalue weighted by Gasteiger charge is 2.21. The van der Waals surface area contributed by atoms with E-state index in [0.29, 0.717) is 13.1 Å². The molecular weight excluding hydrogens is 360 g/mol. The third kappa shape index (κ3) is 5.06. The van der Waals surface area contributed by atoms with E-state index in [9.17, 15) is 9.59 Å². The smallest absolute Gasteiger partial charge is 0.245 e. The van der Waals surface area contributed by atoms with Gasteiger partial charge in [-0.3, -0.25) is 14.3 Å². The zero-order valence-electron chi connectivity index (χ0n) is 13.8. The van der Waals surface area contributed by atoms with E-state index in [1.54, 1.807) is 28.7 Å². The van der Waals surface area contributed by atoms with Gasteiger partial charge in [0.1, 0.15) is 12.6 Å². The Morgan fingerprint density at radius 1 is 1.35 bits per heavy atom. The van der Waals surface area contributed by atoms with Crippen LogP contribution in [0, 0.1) is 13.8 Å². The Morgan fingerprint density at radius 2 is 1.91 bits per heavy atom. The predicted octanol–water partition coefficient (Wildman–Crippen LogP) is 1.97. The van der Waals surface area contributed by atoms with Gasteiger partial charge in [0.15, 0.2) is 0 Å². The zero-order valence-corrected chi connectivity index (χ0v) is 15.4. The first kappa shape index (κ1) is 19.2. The Hall–Kier alpha value is -1.89. The molecule has 0 fully saturated rings. The third-order valence-corrected chi connectivity index (χ3v) is 4.49. The molecule has 1 N–H and O–H groups in total. The van der Waals surface area contributed by atoms with Crippen molar-refractivity contribution in [2.24, 2.45) is 0 Å². The van der Waals surface area contributed by atoms with Crippen molar-refractivity contribution in [3.05, 3.63) is 41.2 Å². The fourth-order valence-corrected chi connectivity index (χ4v) is 2.44. The molecule has 1 heterocycles. The van der Waals surface area contributed by atoms with Crippen LogP contribution in [0.2, 0.25) is 0 Å². The molecule has 0 radical (unpaired) electrons. The number of nitrogens with zero attached hydrogens (tertiary/aromatic N) is 3. The molecule has 0 aliphatic carbocycles. The Bertz CT molecular complexity index is 599. The molecule has 1 rings (SSSR count). The molecule has 1 aromatic heterocycles. The van der Waals surface area contributed by atoms with Gasteiger partial charge in [0, 0.05) is 13.1 Å². The van der Waals surface area contributed by atoms with E-state index in [2.05, 4.69) is 39.5 Å². The van der Waals surface area contributed by atoms with Crippen molar-refractivity contribution in [1.82, 2.24) is 20.0 Å². The standard InChI is InChI=1S/C16H23BrN4O2/c1-6-8-20(9-7-2)16(23)12(4)18-14(22)10-21-13(5)15(17)11(3)19-21/h6-7,12H,1-2,8-10H2,3-5H3,(H,18,22). The second-order valence-electron chi connectivity index (χ2n) is 5.25. The van der Waals surface area contributed by atoms with Gasteiger partial charge in [-0.05, 0) is 36.7 Å². The van der Waals surface area contributed by atoms with E-state index in [1.807, 2.05) is 13.8 Å². The van der Waals surface area contributed by atoms with E-state index < -0.39 is 6.04 Å². The highest BCUT2D eigenvalue weighted by Crippen LogP contribution is 2.19. The van der Waals surface area contributed by atoms with Crippen LogP contribution in [-0.2, 0) is 16.1 Å². The highest BCUT2D eigenvalue weighted by atomic mass is 79.9. The summed E-state index contributed by atoms with van der Waals surface area (Å²) >= 11 is 3.42. The molecule has 0 spiro atoms. The number of halogens is 1. The number of aromatic nitrogens is 2. The molecule has 0 aromatic carbocycles. The lowest BCUT2D eigenvalue weighted by Crippen LogP contribution is -2.47. The van der Waals surface area contributed by atoms with Crippen LogP contribution in [0.15, 0.2) is 29.8 Å². The Kier molecular flexibility index (Phi) is 7.22. The summed E-state index contributed by atoms with van der Waals surface area (Å²) in [5, 5.41) is 6.99. The molecule has 23 heavy (non-hydrogen) atoms. The van der Waals surface area contributed by atoms with E-state index in [1.165, 1.54) is 0 Å². The first-order chi connectivity index (χ1) is 10.8. The highest BCUT2D eigenvalue weighted by molar-refractivity contribution is 9.10. The summed E-state index contributed by atoms with van der Waals surface area (Å²) in [6.07, 6.45) is 3.28. The van der Waals surface area contributed by atoms with E-state index in [0.717, 1.165) is 15.9 Å². The maximum absolute atomic E-state index is 12.3. The largest absolute Gasteiger partial charge is 0.343 e. The van der Waals surface area contributed by atoms with Crippen molar-refractivity contribution in [2.45, 2.75) is 33.4 Å². The van der Waals surface area contributed by atoms with Crippen molar-refractivity contribution in [1.29, 1.82) is 0 Å². The monoisotopic (exact) mass is 382 g/mol. The number of carbonyl (C=O) groups is 2. The molecule has 6 nitrogen and oxygen atoms in total. The molecule has 1 atom stereocenters. The number of hydrogen-bond acceptors (Lipinski definition) is 3. The molecule has 0 saturated heterocycles. The molecular formula is C16H23BrN4O2. The van der Waals surface area contributed by atoms with Gasteiger partial charge in [0.2, 0.25) is 11.8 Å². The van der Waals surface area contributed by atoms with Gasteiger partial charge in [-0.1, -0.05) is 12.2 Å². The second kappa shape index (κ2) is 8.67. The van der Waals surface area contributed by atoms with Crippen LogP contribution in [0.3, 0.4) is 0 Å². The molecule has 0 saturated carbocycles. The Morgan fingerprint density at radius 3 is 2.35 bits per heavy atom. The lowest BCUT2D eigenvalue weighted by atomic mass is 10.2. The number of carbonyl (C=O) groups excluding carboxylic acids is 2. The topological polar surface area (TPSA) is 67.2 Å². The molecule has 1 unspecified atom stereocenters. The van der Waals surface area contributed by atoms with Crippen molar-refractivity contribution >= 4 is 27.7 Å². The maximum atomic E-state index is 12.3. The van der Waals surface area contributed by atoms with Crippen LogP contribution in [0.4, 0.5) is 0 Å². The van der Waals surface area contributed by atoms with Crippen LogP contribution in [-0.4, -0.2) is 45.6 Å². The molecule has 126 valence electrons. The molecule has 0 aliphatic heterocycles. The quantitative estimate of drug-likeness (QED) is 0.698. The van der Waals surface area contributed by atoms with Gasteiger partial charge < -0.3 is 10.2 Å². The van der Waals surface area contributed by atoms with Crippen molar-refractivity contribution in [2.75, 3.05) is 13.1 Å². The molecule has 7 heteroatoms. The summed E-state index contributed by atoms with van der Waals surface area (Å²) in [5.74, 6) is -0.436. The summed E-state index contributed by atoms with van der Waals surface area (Å²) in [7, 11) is 0. The first-order valence-electron chi connectivity index (χ1n) is 7.31. The van der Waals surface area contributed by atoms with Crippen LogP contribution in [0.1, 0.15) is 18.3 Å². The minimum Gasteiger partial charge on any atom is -0.343 e. The van der Waals surface area contributed by atoms with Crippen molar-refractivity contribution in [3.63, 3.8) is 0 Å². The summed E-state index contributed by atoms with van der Waals surface area (Å²) in [4.78, 5) is 26.0. The first-order valence-corrected chi connectivity index (χ1v) is 8.10. The minimum absolute atomic E-state index is 0.0683. The normalized spacial score (nSPS) is 11.7. The van der Waals surface area contributed by atoms with Crippen LogP contribution < -0.4 is 5.32 Å². The summed E-state index contributed by atoms with van der Waals surface area (Å²) in [6.45, 7) is 13.6. The fraction of sp³-hybridized carbons (Fsp3) is 0.438. The average molecular weight is 383 g/mol. The minimum atomic E-state index is -0.622. The van der Waals surface area contributed by atoms with Crippen LogP contribution in [0.25, 0.3) is 0 Å². The summed E-state index contributed by atoms with van der Waals surface area (Å²) in [6, 6.07) is -0.622. The second-order valence-corrected chi connectivity index (χ2v) is 6.05. The molecule has 0 bridgehead atoms. The lowest BCUT2D eigenvalue weighted by molar-refractivity contribution is -0.135. The zero-order chi connectivity index (χ0) is 17.6. The van der Waals surface area contributed by atoms with Gasteiger partial charge in [0.25, 0.3) is 0 Å². The van der Waals surface area contributed by atoms with Crippen molar-refractivity contribution in [3.8, 4) is 0 Å². The van der Waals surface area contributed by atoms with E-state index >= 15 is 0 Å². The van der Waals surface area contributed by atoms with Gasteiger partial charge in [-0.2, -0.15) is 5.10 Å². The molecule has 1 aromatic rings. The van der Waals surface area contributed by atoms with Crippen molar-refractivity contribution < 1.29 is 9.59 Å². The summed E-state index contributed by atoms with van der Waals surface area (Å²) < 4.78 is 2.49. The predicted molar refractivity (Wildman–Crippen MR) is 94.0 cm³/mol. The van der Waals surface area contributed by atoms with Gasteiger partial charge in [0.05, 0.1) is 15.9 Å². The number of aryl methyl sites for hydroxylation is 1. The van der Waals surface area contributed by atoms with Gasteiger partial charge in [-0.25, -0.2) is 0 Å². The van der Waals surface area contributed by atoms with Gasteiger partial charge in [-0.15, -0.1) is 13.2 Å². The number of hydrogen-bond donors (Lipinski definition) is 1. The SMILES string of the molecule is C=CCN(CC=C)C(=O)C(C)NC(=O)Cn1nc(C)c(Br)c1C. The number of nitrogens with one attached hydrogen (secondary N) is 1. The van der Waals surface area contributed by atoms with Gasteiger partial charge >= 0.3 is 0 Å². The Labute approximate surface area is 145 Å². The maximum Gasteiger partial charge on any atom is 0.245 e. The summed E-state index contributed by atoms with van der Waals surface area (Å²) in [5.41, 5.74) is 1.69. The Balaban J connectivity index is 2.68. The van der Waals surface area contributed by atoms with Crippen LogP contribution >= 0.6 is 15.9 Å². The molecule has 2 amide bonds. The average Bonchev–Trinajstić information content (AvgIpc) is 2.73.